The van der Waals surface area contributed by atoms with Gasteiger partial charge in [0.2, 0.25) is 0 Å². The van der Waals surface area contributed by atoms with E-state index in [-0.39, 0.29) is 29.1 Å². The second-order valence-electron chi connectivity index (χ2n) is 11.6. The highest BCUT2D eigenvalue weighted by atomic mass is 16.2. The second kappa shape index (κ2) is 12.6. The van der Waals surface area contributed by atoms with E-state index >= 15 is 0 Å². The molecule has 216 valence electrons. The number of likely N-dealkylation sites (tertiary alicyclic amines) is 1. The van der Waals surface area contributed by atoms with E-state index in [9.17, 15) is 9.59 Å². The van der Waals surface area contributed by atoms with Crippen molar-refractivity contribution in [1.82, 2.24) is 14.9 Å². The van der Waals surface area contributed by atoms with Crippen LogP contribution in [0.15, 0.2) is 65.6 Å². The van der Waals surface area contributed by atoms with Crippen LogP contribution in [0.3, 0.4) is 0 Å². The van der Waals surface area contributed by atoms with Crippen molar-refractivity contribution in [1.29, 1.82) is 0 Å². The highest BCUT2D eigenvalue weighted by Gasteiger charge is 2.22. The first-order valence-electron chi connectivity index (χ1n) is 14.7. The molecule has 0 aliphatic carbocycles. The topological polar surface area (TPSA) is 81.3 Å². The Morgan fingerprint density at radius 2 is 1.71 bits per heavy atom. The predicted molar refractivity (Wildman–Crippen MR) is 172 cm³/mol. The van der Waals surface area contributed by atoms with Crippen molar-refractivity contribution in [3.05, 3.63) is 87.8 Å². The zero-order valence-electron chi connectivity index (χ0n) is 25.1. The summed E-state index contributed by atoms with van der Waals surface area (Å²) in [6.45, 7) is 11.6. The monoisotopic (exact) mass is 561 g/mol. The van der Waals surface area contributed by atoms with E-state index in [1.165, 1.54) is 17.7 Å². The SMILES string of the molecule is CC(C)c1cc(-c2cccc(C#CCN3CCCC3)c2)cc(C(C)C)c1NC(=O)N(C)c1cc2cccnc2[nH]c1=O. The lowest BCUT2D eigenvalue weighted by molar-refractivity contribution is 0.258. The quantitative estimate of drug-likeness (QED) is 0.250. The van der Waals surface area contributed by atoms with Crippen molar-refractivity contribution in [2.45, 2.75) is 52.4 Å². The van der Waals surface area contributed by atoms with Crippen molar-refractivity contribution in [3.63, 3.8) is 0 Å². The Bertz CT molecular complexity index is 1690. The van der Waals surface area contributed by atoms with Crippen LogP contribution in [0.2, 0.25) is 0 Å². The average Bonchev–Trinajstić information content (AvgIpc) is 3.50. The predicted octanol–water partition coefficient (Wildman–Crippen LogP) is 6.95. The van der Waals surface area contributed by atoms with Crippen LogP contribution >= 0.6 is 0 Å². The highest BCUT2D eigenvalue weighted by Crippen LogP contribution is 2.37. The number of anilines is 2. The molecule has 0 unspecified atom stereocenters. The molecule has 0 saturated carbocycles. The standard InChI is InChI=1S/C35H39N5O2/c1-23(2)29-20-28(26-13-8-11-25(19-26)12-10-18-40-16-6-7-17-40)21-30(24(3)4)32(29)37-35(42)39(5)31-22-27-14-9-15-36-33(27)38-34(31)41/h8-9,11,13-15,19-24H,6-7,16-18H2,1-5H3,(H,37,42)(H,36,38,41). The molecule has 2 aromatic carbocycles. The molecule has 0 atom stereocenters. The van der Waals surface area contributed by atoms with Crippen molar-refractivity contribution in [2.75, 3.05) is 36.9 Å². The van der Waals surface area contributed by atoms with Crippen LogP contribution in [0.4, 0.5) is 16.2 Å². The Morgan fingerprint density at radius 1 is 1.00 bits per heavy atom. The lowest BCUT2D eigenvalue weighted by Gasteiger charge is -2.25. The van der Waals surface area contributed by atoms with Crippen molar-refractivity contribution >= 4 is 28.4 Å². The zero-order chi connectivity index (χ0) is 29.8. The molecule has 0 bridgehead atoms. The molecule has 7 heteroatoms. The molecule has 1 fully saturated rings. The molecule has 7 nitrogen and oxygen atoms in total. The van der Waals surface area contributed by atoms with Crippen LogP contribution < -0.4 is 15.8 Å². The summed E-state index contributed by atoms with van der Waals surface area (Å²) in [7, 11) is 1.61. The molecule has 3 heterocycles. The number of aromatic amines is 1. The van der Waals surface area contributed by atoms with Gasteiger partial charge in [0.15, 0.2) is 0 Å². The molecular weight excluding hydrogens is 522 g/mol. The van der Waals surface area contributed by atoms with E-state index in [1.807, 2.05) is 6.07 Å². The van der Waals surface area contributed by atoms with E-state index in [1.54, 1.807) is 25.4 Å². The van der Waals surface area contributed by atoms with Gasteiger partial charge in [-0.15, -0.1) is 0 Å². The summed E-state index contributed by atoms with van der Waals surface area (Å²) >= 11 is 0. The van der Waals surface area contributed by atoms with Crippen molar-refractivity contribution in [2.24, 2.45) is 0 Å². The number of nitrogens with one attached hydrogen (secondary N) is 2. The third kappa shape index (κ3) is 6.40. The van der Waals surface area contributed by atoms with Crippen LogP contribution in [0.5, 0.6) is 0 Å². The lowest BCUT2D eigenvalue weighted by Crippen LogP contribution is -2.35. The maximum Gasteiger partial charge on any atom is 0.326 e. The summed E-state index contributed by atoms with van der Waals surface area (Å²) < 4.78 is 0. The Morgan fingerprint density at radius 3 is 2.40 bits per heavy atom. The van der Waals surface area contributed by atoms with Gasteiger partial charge >= 0.3 is 6.03 Å². The fourth-order valence-electron chi connectivity index (χ4n) is 5.45. The van der Waals surface area contributed by atoms with E-state index in [2.05, 4.69) is 96.1 Å². The summed E-state index contributed by atoms with van der Waals surface area (Å²) in [5, 5.41) is 3.91. The van der Waals surface area contributed by atoms with Crippen molar-refractivity contribution < 1.29 is 4.79 Å². The van der Waals surface area contributed by atoms with Gasteiger partial charge < -0.3 is 10.3 Å². The first-order valence-corrected chi connectivity index (χ1v) is 14.7. The number of nitrogens with zero attached hydrogens (tertiary/aromatic N) is 3. The Labute approximate surface area is 248 Å². The summed E-state index contributed by atoms with van der Waals surface area (Å²) in [5.74, 6) is 7.01. The maximum atomic E-state index is 13.6. The molecule has 0 spiro atoms. The van der Waals surface area contributed by atoms with Crippen molar-refractivity contribution in [3.8, 4) is 23.0 Å². The molecule has 0 radical (unpaired) electrons. The molecule has 4 aromatic rings. The molecule has 1 aliphatic heterocycles. The van der Waals surface area contributed by atoms with Gasteiger partial charge in [0.1, 0.15) is 11.3 Å². The second-order valence-corrected chi connectivity index (χ2v) is 11.6. The van der Waals surface area contributed by atoms with Gasteiger partial charge in [0.05, 0.1) is 6.54 Å². The number of benzene rings is 2. The fourth-order valence-corrected chi connectivity index (χ4v) is 5.45. The van der Waals surface area contributed by atoms with E-state index in [4.69, 9.17) is 0 Å². The normalized spacial score (nSPS) is 13.4. The number of H-pyrrole nitrogens is 1. The molecule has 2 amide bonds. The fraction of sp³-hybridized carbons (Fsp3) is 0.343. The summed E-state index contributed by atoms with van der Waals surface area (Å²) in [6.07, 6.45) is 4.15. The smallest absolute Gasteiger partial charge is 0.307 e. The molecule has 1 saturated heterocycles. The van der Waals surface area contributed by atoms with E-state index < -0.39 is 0 Å². The number of rotatable bonds is 6. The average molecular weight is 562 g/mol. The van der Waals surface area contributed by atoms with Gasteiger partial charge in [-0.25, -0.2) is 9.78 Å². The highest BCUT2D eigenvalue weighted by molar-refractivity contribution is 6.03. The molecular formula is C35H39N5O2. The Hall–Kier alpha value is -4.41. The van der Waals surface area contributed by atoms with Crippen LogP contribution in [-0.2, 0) is 0 Å². The summed E-state index contributed by atoms with van der Waals surface area (Å²) in [6, 6.07) is 17.7. The molecule has 5 rings (SSSR count). The molecule has 1 aliphatic rings. The minimum atomic E-state index is -0.379. The number of hydrogen-bond acceptors (Lipinski definition) is 4. The Balaban J connectivity index is 1.46. The van der Waals surface area contributed by atoms with Crippen LogP contribution in [0.1, 0.15) is 69.1 Å². The largest absolute Gasteiger partial charge is 0.326 e. The third-order valence-corrected chi connectivity index (χ3v) is 7.87. The first-order chi connectivity index (χ1) is 20.2. The van der Waals surface area contributed by atoms with Gasteiger partial charge in [-0.3, -0.25) is 14.6 Å². The number of hydrogen-bond donors (Lipinski definition) is 2. The summed E-state index contributed by atoms with van der Waals surface area (Å²) in [4.78, 5) is 37.1. The molecule has 2 N–H and O–H groups in total. The van der Waals surface area contributed by atoms with Gasteiger partial charge in [-0.2, -0.15) is 0 Å². The van der Waals surface area contributed by atoms with Gasteiger partial charge in [0.25, 0.3) is 5.56 Å². The van der Waals surface area contributed by atoms with Crippen LogP contribution in [-0.4, -0.2) is 47.6 Å². The third-order valence-electron chi connectivity index (χ3n) is 7.87. The van der Waals surface area contributed by atoms with Crippen LogP contribution in [0, 0.1) is 11.8 Å². The minimum Gasteiger partial charge on any atom is -0.307 e. The number of pyridine rings is 2. The van der Waals surface area contributed by atoms with E-state index in [0.717, 1.165) is 58.5 Å². The van der Waals surface area contributed by atoms with Crippen LogP contribution in [0.25, 0.3) is 22.2 Å². The number of aromatic nitrogens is 2. The number of carbonyl (C=O) groups is 1. The number of fused-ring (bicyclic) bond motifs is 1. The number of amides is 2. The van der Waals surface area contributed by atoms with Gasteiger partial charge in [-0.05, 0) is 102 Å². The zero-order valence-corrected chi connectivity index (χ0v) is 25.1. The maximum absolute atomic E-state index is 13.6. The first kappa shape index (κ1) is 29.1. The molecule has 42 heavy (non-hydrogen) atoms. The Kier molecular flexibility index (Phi) is 8.75. The van der Waals surface area contributed by atoms with Gasteiger partial charge in [-0.1, -0.05) is 51.7 Å². The minimum absolute atomic E-state index is 0.154. The number of carbonyl (C=O) groups excluding carboxylic acids is 1. The number of urea groups is 1. The molecule has 2 aromatic heterocycles. The van der Waals surface area contributed by atoms with E-state index in [0.29, 0.717) is 5.65 Å². The summed E-state index contributed by atoms with van der Waals surface area (Å²) in [5.41, 5.74) is 6.44. The van der Waals surface area contributed by atoms with Gasteiger partial charge in [0, 0.05) is 29.9 Å². The lowest BCUT2D eigenvalue weighted by atomic mass is 9.88.